The highest BCUT2D eigenvalue weighted by Crippen LogP contribution is 2.36. The predicted octanol–water partition coefficient (Wildman–Crippen LogP) is 4.97. The number of nitrogens with one attached hydrogen (secondary N) is 2. The van der Waals surface area contributed by atoms with Gasteiger partial charge < -0.3 is 9.55 Å². The van der Waals surface area contributed by atoms with Crippen LogP contribution in [0.4, 0.5) is 8.78 Å². The molecule has 8 nitrogen and oxygen atoms in total. The molecule has 0 aliphatic heterocycles. The molecule has 2 aromatic heterocycles. The summed E-state index contributed by atoms with van der Waals surface area (Å²) in [5.41, 5.74) is -0.406. The van der Waals surface area contributed by atoms with Crippen LogP contribution < -0.4 is 10.3 Å². The van der Waals surface area contributed by atoms with Crippen molar-refractivity contribution < 1.29 is 22.0 Å². The monoisotopic (exact) mass is 578 g/mol. The van der Waals surface area contributed by atoms with E-state index < -0.39 is 33.1 Å². The molecule has 2 N–H and O–H groups in total. The molecule has 2 heterocycles. The summed E-state index contributed by atoms with van der Waals surface area (Å²) in [6, 6.07) is 17.1. The van der Waals surface area contributed by atoms with Crippen LogP contribution in [0.2, 0.25) is 5.02 Å². The van der Waals surface area contributed by atoms with Gasteiger partial charge in [-0.1, -0.05) is 11.6 Å². The van der Waals surface area contributed by atoms with E-state index in [-0.39, 0.29) is 44.4 Å². The SMILES string of the molecule is N#Cc1ccc(S(=O)(=O)NC(=O)c2c(-c3ccc[nH]c3=O)c3cc(Cl)ccc3n2Cc2cc(F)ccc2F)cc1. The largest absolute Gasteiger partial charge is 0.331 e. The highest BCUT2D eigenvalue weighted by atomic mass is 35.5. The Kier molecular flexibility index (Phi) is 6.97. The first-order chi connectivity index (χ1) is 19.1. The number of nitriles is 1. The van der Waals surface area contributed by atoms with Gasteiger partial charge in [-0.05, 0) is 72.8 Å². The average molecular weight is 579 g/mol. The second-order valence-electron chi connectivity index (χ2n) is 8.69. The number of halogens is 3. The van der Waals surface area contributed by atoms with E-state index in [1.54, 1.807) is 0 Å². The third kappa shape index (κ3) is 4.98. The molecule has 200 valence electrons. The molecule has 0 saturated carbocycles. The lowest BCUT2D eigenvalue weighted by molar-refractivity contribution is 0.0974. The highest BCUT2D eigenvalue weighted by Gasteiger charge is 2.29. The Bertz CT molecular complexity index is 2010. The third-order valence-corrected chi connectivity index (χ3v) is 7.77. The number of aromatic amines is 1. The number of hydrogen-bond donors (Lipinski definition) is 2. The van der Waals surface area contributed by atoms with Crippen LogP contribution in [0.1, 0.15) is 21.6 Å². The fourth-order valence-corrected chi connectivity index (χ4v) is 5.52. The second-order valence-corrected chi connectivity index (χ2v) is 10.8. The average Bonchev–Trinajstić information content (AvgIpc) is 3.23. The van der Waals surface area contributed by atoms with Gasteiger partial charge in [0.15, 0.2) is 0 Å². The van der Waals surface area contributed by atoms with Crippen molar-refractivity contribution in [1.29, 1.82) is 5.26 Å². The van der Waals surface area contributed by atoms with Crippen LogP contribution in [0.5, 0.6) is 0 Å². The molecule has 0 atom stereocenters. The molecule has 40 heavy (non-hydrogen) atoms. The van der Waals surface area contributed by atoms with Crippen LogP contribution in [0, 0.1) is 23.0 Å². The number of amides is 1. The molecule has 0 spiro atoms. The first-order valence-electron chi connectivity index (χ1n) is 11.6. The fraction of sp³-hybridized carbons (Fsp3) is 0.0357. The third-order valence-electron chi connectivity index (χ3n) is 6.19. The number of pyridine rings is 1. The molecular weight excluding hydrogens is 562 g/mol. The molecule has 0 bridgehead atoms. The Balaban J connectivity index is 1.76. The molecule has 0 radical (unpaired) electrons. The van der Waals surface area contributed by atoms with Gasteiger partial charge in [0.1, 0.15) is 17.3 Å². The minimum atomic E-state index is -4.46. The van der Waals surface area contributed by atoms with Crippen molar-refractivity contribution in [3.8, 4) is 17.2 Å². The summed E-state index contributed by atoms with van der Waals surface area (Å²) in [5, 5.41) is 9.57. The zero-order valence-electron chi connectivity index (χ0n) is 20.3. The van der Waals surface area contributed by atoms with Crippen LogP contribution >= 0.6 is 11.6 Å². The molecule has 0 aliphatic carbocycles. The van der Waals surface area contributed by atoms with Gasteiger partial charge in [-0.2, -0.15) is 5.26 Å². The number of nitrogens with zero attached hydrogens (tertiary/aromatic N) is 2. The lowest BCUT2D eigenvalue weighted by atomic mass is 10.0. The number of benzene rings is 3. The van der Waals surface area contributed by atoms with Crippen LogP contribution in [0.3, 0.4) is 0 Å². The lowest BCUT2D eigenvalue weighted by Gasteiger charge is -2.14. The topological polar surface area (TPSA) is 125 Å². The summed E-state index contributed by atoms with van der Waals surface area (Å²) in [5.74, 6) is -2.61. The summed E-state index contributed by atoms with van der Waals surface area (Å²) in [6.45, 7) is -0.383. The smallest absolute Gasteiger partial charge is 0.282 e. The van der Waals surface area contributed by atoms with Crippen molar-refractivity contribution in [2.45, 2.75) is 11.4 Å². The molecule has 5 aromatic rings. The molecule has 5 rings (SSSR count). The number of hydrogen-bond acceptors (Lipinski definition) is 5. The summed E-state index contributed by atoms with van der Waals surface area (Å²) < 4.78 is 58.4. The summed E-state index contributed by atoms with van der Waals surface area (Å²) >= 11 is 6.25. The summed E-state index contributed by atoms with van der Waals surface area (Å²) in [7, 11) is -4.46. The normalized spacial score (nSPS) is 11.3. The minimum Gasteiger partial charge on any atom is -0.331 e. The van der Waals surface area contributed by atoms with Gasteiger partial charge in [0.2, 0.25) is 0 Å². The maximum atomic E-state index is 14.7. The van der Waals surface area contributed by atoms with E-state index >= 15 is 0 Å². The lowest BCUT2D eigenvalue weighted by Crippen LogP contribution is -2.33. The van der Waals surface area contributed by atoms with Crippen molar-refractivity contribution >= 4 is 38.4 Å². The van der Waals surface area contributed by atoms with Gasteiger partial charge in [-0.3, -0.25) is 9.59 Å². The van der Waals surface area contributed by atoms with Gasteiger partial charge in [-0.25, -0.2) is 21.9 Å². The first kappa shape index (κ1) is 26.8. The molecule has 3 aromatic carbocycles. The molecular formula is C28H17ClF2N4O4S. The van der Waals surface area contributed by atoms with E-state index in [1.807, 2.05) is 10.8 Å². The molecule has 0 unspecified atom stereocenters. The number of rotatable bonds is 6. The number of H-pyrrole nitrogens is 1. The van der Waals surface area contributed by atoms with Crippen LogP contribution in [0.15, 0.2) is 88.7 Å². The second kappa shape index (κ2) is 10.4. The van der Waals surface area contributed by atoms with Gasteiger partial charge in [0.05, 0.1) is 23.1 Å². The molecule has 0 fully saturated rings. The van der Waals surface area contributed by atoms with Crippen LogP contribution in [0.25, 0.3) is 22.0 Å². The van der Waals surface area contributed by atoms with E-state index in [9.17, 15) is 26.8 Å². The van der Waals surface area contributed by atoms with E-state index in [4.69, 9.17) is 16.9 Å². The van der Waals surface area contributed by atoms with Crippen LogP contribution in [-0.4, -0.2) is 23.9 Å². The summed E-state index contributed by atoms with van der Waals surface area (Å²) in [6.07, 6.45) is 1.38. The Morgan fingerprint density at radius 1 is 1.05 bits per heavy atom. The van der Waals surface area contributed by atoms with Gasteiger partial charge in [0.25, 0.3) is 21.5 Å². The summed E-state index contributed by atoms with van der Waals surface area (Å²) in [4.78, 5) is 28.9. The number of carbonyl (C=O) groups is 1. The number of carbonyl (C=O) groups excluding carboxylic acids is 1. The van der Waals surface area contributed by atoms with Crippen LogP contribution in [-0.2, 0) is 16.6 Å². The van der Waals surface area contributed by atoms with E-state index in [0.717, 1.165) is 30.3 Å². The highest BCUT2D eigenvalue weighted by molar-refractivity contribution is 7.90. The van der Waals surface area contributed by atoms with Crippen molar-refractivity contribution in [2.75, 3.05) is 0 Å². The molecule has 0 saturated heterocycles. The molecule has 12 heteroatoms. The van der Waals surface area contributed by atoms with Gasteiger partial charge in [0, 0.05) is 38.8 Å². The number of aromatic nitrogens is 2. The predicted molar refractivity (Wildman–Crippen MR) is 144 cm³/mol. The zero-order chi connectivity index (χ0) is 28.6. The quantitative estimate of drug-likeness (QED) is 0.294. The van der Waals surface area contributed by atoms with Crippen molar-refractivity contribution in [3.05, 3.63) is 123 Å². The fourth-order valence-electron chi connectivity index (χ4n) is 4.39. The zero-order valence-corrected chi connectivity index (χ0v) is 21.9. The minimum absolute atomic E-state index is 0.0224. The Morgan fingerprint density at radius 3 is 2.50 bits per heavy atom. The van der Waals surface area contributed by atoms with E-state index in [0.29, 0.717) is 10.9 Å². The van der Waals surface area contributed by atoms with E-state index in [2.05, 4.69) is 4.98 Å². The molecule has 1 amide bonds. The van der Waals surface area contributed by atoms with Gasteiger partial charge >= 0.3 is 0 Å². The Morgan fingerprint density at radius 2 is 1.80 bits per heavy atom. The Labute approximate surface area is 231 Å². The van der Waals surface area contributed by atoms with E-state index in [1.165, 1.54) is 53.2 Å². The number of fused-ring (bicyclic) bond motifs is 1. The Hall–Kier alpha value is -4.79. The maximum Gasteiger partial charge on any atom is 0.282 e. The van der Waals surface area contributed by atoms with Crippen molar-refractivity contribution in [3.63, 3.8) is 0 Å². The molecule has 0 aliphatic rings. The van der Waals surface area contributed by atoms with Crippen molar-refractivity contribution in [2.24, 2.45) is 0 Å². The maximum absolute atomic E-state index is 14.7. The number of sulfonamides is 1. The standard InChI is InChI=1S/C28H17ClF2N4O4S/c29-18-5-10-24-22(13-18)25(21-2-1-11-33-27(21)36)26(35(24)15-17-12-19(30)6-9-23(17)31)28(37)34-40(38,39)20-7-3-16(14-32)4-8-20/h1-13H,15H2,(H,33,36)(H,34,37). The van der Waals surface area contributed by atoms with Gasteiger partial charge in [-0.15, -0.1) is 0 Å². The first-order valence-corrected chi connectivity index (χ1v) is 13.5. The van der Waals surface area contributed by atoms with Crippen molar-refractivity contribution in [1.82, 2.24) is 14.3 Å².